The van der Waals surface area contributed by atoms with Gasteiger partial charge in [-0.3, -0.25) is 9.69 Å². The quantitative estimate of drug-likeness (QED) is 0.685. The maximum absolute atomic E-state index is 12.8. The second-order valence-electron chi connectivity index (χ2n) is 7.37. The van der Waals surface area contributed by atoms with Gasteiger partial charge in [0.2, 0.25) is 0 Å². The molecule has 0 atom stereocenters. The number of carbonyl (C=O) groups is 2. The van der Waals surface area contributed by atoms with Crippen LogP contribution in [0.1, 0.15) is 36.7 Å². The van der Waals surface area contributed by atoms with E-state index in [4.69, 9.17) is 4.74 Å². The highest BCUT2D eigenvalue weighted by Gasteiger charge is 2.32. The van der Waals surface area contributed by atoms with Crippen LogP contribution in [0.4, 0.5) is 10.5 Å². The molecule has 0 fully saturated rings. The number of nitrogens with zero attached hydrogens (tertiary/aromatic N) is 1. The molecule has 0 N–H and O–H groups in total. The Kier molecular flexibility index (Phi) is 5.26. The normalized spacial score (nSPS) is 15.9. The van der Waals surface area contributed by atoms with Crippen molar-refractivity contribution in [1.29, 1.82) is 0 Å². The first-order valence-electron chi connectivity index (χ1n) is 8.92. The van der Waals surface area contributed by atoms with E-state index in [1.807, 2.05) is 69.3 Å². The Bertz CT molecular complexity index is 905. The molecule has 0 bridgehead atoms. The zero-order valence-electron chi connectivity index (χ0n) is 15.8. The van der Waals surface area contributed by atoms with Crippen LogP contribution in [0.5, 0.6) is 0 Å². The molecule has 4 nitrogen and oxygen atoms in total. The van der Waals surface area contributed by atoms with Gasteiger partial charge in [-0.2, -0.15) is 0 Å². The number of rotatable bonds is 2. The molecular formula is C23H23NO3. The Labute approximate surface area is 159 Å². The zero-order valence-corrected chi connectivity index (χ0v) is 15.8. The van der Waals surface area contributed by atoms with E-state index >= 15 is 0 Å². The summed E-state index contributed by atoms with van der Waals surface area (Å²) in [5.41, 5.74) is 2.08. The number of hydrogen-bond acceptors (Lipinski definition) is 3. The molecule has 0 unspecified atom stereocenters. The van der Waals surface area contributed by atoms with Gasteiger partial charge in [-0.05, 0) is 38.5 Å². The zero-order chi connectivity index (χ0) is 19.4. The van der Waals surface area contributed by atoms with Crippen molar-refractivity contribution in [2.45, 2.75) is 26.4 Å². The van der Waals surface area contributed by atoms with Crippen molar-refractivity contribution < 1.29 is 14.3 Å². The molecule has 2 aromatic carbocycles. The number of benzene rings is 2. The lowest BCUT2D eigenvalue weighted by atomic mass is 9.95. The molecule has 0 spiro atoms. The van der Waals surface area contributed by atoms with Gasteiger partial charge in [-0.1, -0.05) is 60.7 Å². The van der Waals surface area contributed by atoms with Crippen LogP contribution in [0.15, 0.2) is 72.3 Å². The maximum Gasteiger partial charge on any atom is 0.415 e. The topological polar surface area (TPSA) is 46.6 Å². The summed E-state index contributed by atoms with van der Waals surface area (Å²) in [6.07, 6.45) is 5.07. The molecule has 2 aromatic rings. The van der Waals surface area contributed by atoms with Crippen LogP contribution in [0, 0.1) is 0 Å². The van der Waals surface area contributed by atoms with E-state index in [1.165, 1.54) is 4.90 Å². The molecule has 0 saturated carbocycles. The summed E-state index contributed by atoms with van der Waals surface area (Å²) >= 11 is 0. The Morgan fingerprint density at radius 1 is 1.04 bits per heavy atom. The van der Waals surface area contributed by atoms with Crippen LogP contribution in [0.25, 0.3) is 6.08 Å². The highest BCUT2D eigenvalue weighted by molar-refractivity contribution is 6.17. The fourth-order valence-corrected chi connectivity index (χ4v) is 2.85. The second-order valence-corrected chi connectivity index (χ2v) is 7.37. The molecule has 0 aliphatic carbocycles. The SMILES string of the molecule is CC(C)(C)OC(=O)N1C/C(=C\C=C\c2ccccc2)C(=O)c2ccccc21. The van der Waals surface area contributed by atoms with Crippen molar-refractivity contribution >= 4 is 23.6 Å². The molecule has 27 heavy (non-hydrogen) atoms. The first-order chi connectivity index (χ1) is 12.8. The van der Waals surface area contributed by atoms with Crippen LogP contribution in [0.3, 0.4) is 0 Å². The minimum atomic E-state index is -0.607. The highest BCUT2D eigenvalue weighted by Crippen LogP contribution is 2.30. The molecule has 1 aliphatic heterocycles. The molecule has 138 valence electrons. The van der Waals surface area contributed by atoms with Crippen LogP contribution in [0.2, 0.25) is 0 Å². The largest absolute Gasteiger partial charge is 0.443 e. The van der Waals surface area contributed by atoms with Gasteiger partial charge < -0.3 is 4.74 Å². The Morgan fingerprint density at radius 3 is 2.41 bits per heavy atom. The van der Waals surface area contributed by atoms with E-state index in [1.54, 1.807) is 24.3 Å². The van der Waals surface area contributed by atoms with Gasteiger partial charge >= 0.3 is 6.09 Å². The molecule has 1 heterocycles. The first kappa shape index (κ1) is 18.6. The van der Waals surface area contributed by atoms with Crippen LogP contribution in [-0.4, -0.2) is 24.0 Å². The summed E-state index contributed by atoms with van der Waals surface area (Å²) in [4.78, 5) is 27.0. The predicted octanol–water partition coefficient (Wildman–Crippen LogP) is 5.26. The van der Waals surface area contributed by atoms with Gasteiger partial charge in [0.05, 0.1) is 12.2 Å². The Balaban J connectivity index is 1.91. The lowest BCUT2D eigenvalue weighted by Crippen LogP contribution is -2.42. The number of ether oxygens (including phenoxy) is 1. The number of allylic oxidation sites excluding steroid dienone is 2. The van der Waals surface area contributed by atoms with Gasteiger partial charge in [0.1, 0.15) is 5.60 Å². The fraction of sp³-hybridized carbons (Fsp3) is 0.217. The summed E-state index contributed by atoms with van der Waals surface area (Å²) in [5, 5.41) is 0. The molecule has 1 aliphatic rings. The number of ketones is 1. The van der Waals surface area contributed by atoms with E-state index < -0.39 is 11.7 Å². The molecule has 0 aromatic heterocycles. The van der Waals surface area contributed by atoms with E-state index in [0.717, 1.165) is 5.56 Å². The molecule has 1 amide bonds. The Hall–Kier alpha value is -3.14. The minimum Gasteiger partial charge on any atom is -0.443 e. The summed E-state index contributed by atoms with van der Waals surface area (Å²) in [5.74, 6) is -0.0666. The second kappa shape index (κ2) is 7.62. The van der Waals surface area contributed by atoms with Gasteiger partial charge in [-0.25, -0.2) is 4.79 Å². The lowest BCUT2D eigenvalue weighted by Gasteiger charge is -2.32. The van der Waals surface area contributed by atoms with E-state index in [0.29, 0.717) is 16.8 Å². The standard InChI is InChI=1S/C23H23NO3/c1-23(2,3)27-22(26)24-16-18(13-9-12-17-10-5-4-6-11-17)21(25)19-14-7-8-15-20(19)24/h4-15H,16H2,1-3H3/b12-9+,18-13+. The number of amides is 1. The number of para-hydroxylation sites is 1. The molecule has 4 heteroatoms. The molecule has 3 rings (SSSR count). The van der Waals surface area contributed by atoms with Crippen molar-refractivity contribution in [3.8, 4) is 0 Å². The van der Waals surface area contributed by atoms with Gasteiger partial charge in [0.25, 0.3) is 0 Å². The third kappa shape index (κ3) is 4.53. The average Bonchev–Trinajstić information content (AvgIpc) is 2.63. The summed E-state index contributed by atoms with van der Waals surface area (Å²) < 4.78 is 5.52. The van der Waals surface area contributed by atoms with E-state index in [9.17, 15) is 9.59 Å². The van der Waals surface area contributed by atoms with Crippen molar-refractivity contribution in [2.75, 3.05) is 11.4 Å². The number of anilines is 1. The lowest BCUT2D eigenvalue weighted by molar-refractivity contribution is 0.0582. The fourth-order valence-electron chi connectivity index (χ4n) is 2.85. The van der Waals surface area contributed by atoms with Crippen molar-refractivity contribution in [3.63, 3.8) is 0 Å². The molecular weight excluding hydrogens is 338 g/mol. The van der Waals surface area contributed by atoms with Crippen LogP contribution < -0.4 is 4.90 Å². The maximum atomic E-state index is 12.8. The number of Topliss-reactive ketones (excluding diaryl/α,β-unsaturated/α-hetero) is 1. The van der Waals surface area contributed by atoms with Gasteiger partial charge in [0.15, 0.2) is 5.78 Å². The summed E-state index contributed by atoms with van der Waals surface area (Å²) in [6, 6.07) is 17.0. The number of hydrogen-bond donors (Lipinski definition) is 0. The highest BCUT2D eigenvalue weighted by atomic mass is 16.6. The first-order valence-corrected chi connectivity index (χ1v) is 8.92. The van der Waals surface area contributed by atoms with Crippen molar-refractivity contribution in [1.82, 2.24) is 0 Å². The van der Waals surface area contributed by atoms with Crippen LogP contribution in [-0.2, 0) is 4.74 Å². The van der Waals surface area contributed by atoms with E-state index in [-0.39, 0.29) is 12.3 Å². The third-order valence-electron chi connectivity index (χ3n) is 4.06. The van der Waals surface area contributed by atoms with Crippen molar-refractivity contribution in [3.05, 3.63) is 83.4 Å². The predicted molar refractivity (Wildman–Crippen MR) is 108 cm³/mol. The number of carbonyl (C=O) groups excluding carboxylic acids is 2. The van der Waals surface area contributed by atoms with Crippen molar-refractivity contribution in [2.24, 2.45) is 0 Å². The summed E-state index contributed by atoms with van der Waals surface area (Å²) in [6.45, 7) is 5.66. The Morgan fingerprint density at radius 2 is 1.70 bits per heavy atom. The number of fused-ring (bicyclic) bond motifs is 1. The van der Waals surface area contributed by atoms with Gasteiger partial charge in [-0.15, -0.1) is 0 Å². The van der Waals surface area contributed by atoms with Crippen LogP contribution >= 0.6 is 0 Å². The smallest absolute Gasteiger partial charge is 0.415 e. The van der Waals surface area contributed by atoms with E-state index in [2.05, 4.69) is 0 Å². The monoisotopic (exact) mass is 361 g/mol. The summed E-state index contributed by atoms with van der Waals surface area (Å²) in [7, 11) is 0. The average molecular weight is 361 g/mol. The molecule has 0 radical (unpaired) electrons. The molecule has 0 saturated heterocycles. The van der Waals surface area contributed by atoms with Gasteiger partial charge in [0, 0.05) is 11.1 Å². The third-order valence-corrected chi connectivity index (χ3v) is 4.06. The minimum absolute atomic E-state index is 0.0666.